The lowest BCUT2D eigenvalue weighted by molar-refractivity contribution is -0.757. The second-order valence-electron chi connectivity index (χ2n) is 7.91. The van der Waals surface area contributed by atoms with E-state index in [0.717, 1.165) is 5.56 Å². The molecule has 11 nitrogen and oxygen atoms in total. The summed E-state index contributed by atoms with van der Waals surface area (Å²) in [5, 5.41) is 34.4. The van der Waals surface area contributed by atoms with Gasteiger partial charge in [-0.25, -0.2) is 0 Å². The second-order valence-corrected chi connectivity index (χ2v) is 7.91. The summed E-state index contributed by atoms with van der Waals surface area (Å²) < 4.78 is 11.3. The fourth-order valence-corrected chi connectivity index (χ4v) is 2.84. The highest BCUT2D eigenvalue weighted by Gasteiger charge is 2.21. The molecule has 0 aromatic heterocycles. The normalized spacial score (nSPS) is 13.6. The first-order valence-corrected chi connectivity index (χ1v) is 10.2. The number of carbonyl (C=O) groups is 1. The number of nitriles is 1. The van der Waals surface area contributed by atoms with Crippen LogP contribution < -0.4 is 20.1 Å². The zero-order valence-electron chi connectivity index (χ0n) is 18.1. The Morgan fingerprint density at radius 2 is 2.25 bits per heavy atom. The summed E-state index contributed by atoms with van der Waals surface area (Å²) >= 11 is 0. The third-order valence-corrected chi connectivity index (χ3v) is 4.57. The molecular formula is C21H28N4O7. The Kier molecular flexibility index (Phi) is 9.24. The lowest BCUT2D eigenvalue weighted by Crippen LogP contribution is -2.51. The Bertz CT molecular complexity index is 879. The molecule has 0 saturated heterocycles. The number of hydrogen-bond donors (Lipinski definition) is 3. The van der Waals surface area contributed by atoms with Gasteiger partial charge in [-0.3, -0.25) is 4.79 Å². The Labute approximate surface area is 186 Å². The molecule has 174 valence electrons. The van der Waals surface area contributed by atoms with Gasteiger partial charge in [0.25, 0.3) is 5.09 Å². The Hall–Kier alpha value is -3.36. The molecule has 2 rings (SSSR count). The molecule has 1 aliphatic rings. The van der Waals surface area contributed by atoms with Crippen LogP contribution in [-0.2, 0) is 9.63 Å². The minimum Gasteiger partial charge on any atom is -0.487 e. The number of aliphatic hydroxyl groups is 1. The van der Waals surface area contributed by atoms with Gasteiger partial charge in [0.2, 0.25) is 5.91 Å². The number of nitrogens with zero attached hydrogens (tertiary/aromatic N) is 2. The first kappa shape index (κ1) is 24.9. The number of rotatable bonds is 13. The standard InChI is InChI=1S/C21H28N4O7/c1-21(2,14-23-19(27)7-4-8-32-25(28)29)24-11-17(26)13-30-18-6-3-5-16-9-15(10-22)12-31-20(16)18/h3,5-6,9,17,24,26H,4,7-8,11-14H2,1-2H3,(H,23,27). The molecule has 1 heterocycles. The van der Waals surface area contributed by atoms with Crippen LogP contribution in [0.15, 0.2) is 23.8 Å². The van der Waals surface area contributed by atoms with E-state index in [2.05, 4.69) is 21.5 Å². The van der Waals surface area contributed by atoms with E-state index in [4.69, 9.17) is 14.7 Å². The molecule has 1 unspecified atom stereocenters. The Balaban J connectivity index is 1.72. The van der Waals surface area contributed by atoms with Gasteiger partial charge in [0.05, 0.1) is 18.2 Å². The number of fused-ring (bicyclic) bond motifs is 1. The molecule has 0 aliphatic carbocycles. The predicted molar refractivity (Wildman–Crippen MR) is 114 cm³/mol. The highest BCUT2D eigenvalue weighted by atomic mass is 16.9. The van der Waals surface area contributed by atoms with Gasteiger partial charge in [0.1, 0.15) is 19.3 Å². The van der Waals surface area contributed by atoms with Gasteiger partial charge in [0.15, 0.2) is 11.5 Å². The highest BCUT2D eigenvalue weighted by Crippen LogP contribution is 2.35. The lowest BCUT2D eigenvalue weighted by atomic mass is 10.1. The smallest absolute Gasteiger partial charge is 0.294 e. The summed E-state index contributed by atoms with van der Waals surface area (Å²) in [5.41, 5.74) is 0.777. The van der Waals surface area contributed by atoms with Crippen LogP contribution in [0.3, 0.4) is 0 Å². The average molecular weight is 448 g/mol. The number of carbonyl (C=O) groups excluding carboxylic acids is 1. The number of para-hydroxylation sites is 1. The number of nitrogens with one attached hydrogen (secondary N) is 2. The zero-order valence-corrected chi connectivity index (χ0v) is 18.1. The molecule has 0 radical (unpaired) electrons. The maximum absolute atomic E-state index is 11.8. The average Bonchev–Trinajstić information content (AvgIpc) is 2.77. The number of ether oxygens (including phenoxy) is 2. The van der Waals surface area contributed by atoms with Gasteiger partial charge in [-0.1, -0.05) is 12.1 Å². The van der Waals surface area contributed by atoms with E-state index in [1.165, 1.54) is 0 Å². The molecule has 1 aliphatic heterocycles. The third kappa shape index (κ3) is 8.41. The molecule has 1 atom stereocenters. The van der Waals surface area contributed by atoms with Crippen LogP contribution in [0.1, 0.15) is 32.3 Å². The zero-order chi connectivity index (χ0) is 23.6. The number of hydrogen-bond acceptors (Lipinski definition) is 9. The van der Waals surface area contributed by atoms with E-state index < -0.39 is 16.7 Å². The van der Waals surface area contributed by atoms with Crippen molar-refractivity contribution in [1.29, 1.82) is 5.26 Å². The molecular weight excluding hydrogens is 420 g/mol. The van der Waals surface area contributed by atoms with Gasteiger partial charge >= 0.3 is 0 Å². The van der Waals surface area contributed by atoms with Crippen LogP contribution in [-0.4, -0.2) is 60.7 Å². The summed E-state index contributed by atoms with van der Waals surface area (Å²) in [7, 11) is 0. The maximum atomic E-state index is 11.8. The summed E-state index contributed by atoms with van der Waals surface area (Å²) in [5.74, 6) is 0.791. The van der Waals surface area contributed by atoms with Crippen molar-refractivity contribution in [3.63, 3.8) is 0 Å². The molecule has 0 saturated carbocycles. The molecule has 32 heavy (non-hydrogen) atoms. The van der Waals surface area contributed by atoms with Crippen molar-refractivity contribution in [2.75, 3.05) is 32.9 Å². The van der Waals surface area contributed by atoms with Crippen LogP contribution in [0, 0.1) is 21.4 Å². The molecule has 3 N–H and O–H groups in total. The summed E-state index contributed by atoms with van der Waals surface area (Å²) in [6.07, 6.45) is 1.30. The number of amides is 1. The van der Waals surface area contributed by atoms with Crippen LogP contribution in [0.2, 0.25) is 0 Å². The lowest BCUT2D eigenvalue weighted by Gasteiger charge is -2.28. The van der Waals surface area contributed by atoms with Gasteiger partial charge in [-0.2, -0.15) is 5.26 Å². The van der Waals surface area contributed by atoms with Gasteiger partial charge in [0, 0.05) is 30.6 Å². The Morgan fingerprint density at radius 1 is 1.47 bits per heavy atom. The van der Waals surface area contributed by atoms with Crippen molar-refractivity contribution in [3.8, 4) is 17.6 Å². The second kappa shape index (κ2) is 11.9. The van der Waals surface area contributed by atoms with E-state index in [0.29, 0.717) is 23.6 Å². The predicted octanol–water partition coefficient (Wildman–Crippen LogP) is 1.20. The molecule has 0 spiro atoms. The molecule has 0 bridgehead atoms. The Morgan fingerprint density at radius 3 is 2.97 bits per heavy atom. The van der Waals surface area contributed by atoms with Crippen molar-refractivity contribution in [1.82, 2.24) is 10.6 Å². The van der Waals surface area contributed by atoms with Crippen molar-refractivity contribution in [3.05, 3.63) is 39.4 Å². The number of benzene rings is 1. The van der Waals surface area contributed by atoms with Gasteiger partial charge in [-0.15, -0.1) is 10.1 Å². The molecule has 11 heteroatoms. The van der Waals surface area contributed by atoms with E-state index in [9.17, 15) is 20.0 Å². The van der Waals surface area contributed by atoms with Gasteiger partial charge in [-0.05, 0) is 32.4 Å². The van der Waals surface area contributed by atoms with Crippen molar-refractivity contribution >= 4 is 12.0 Å². The first-order chi connectivity index (χ1) is 15.2. The monoisotopic (exact) mass is 448 g/mol. The number of β-amino-alcohol motifs (C(OH)–C–C–N with tert-alkyl or cyclic N) is 1. The summed E-state index contributed by atoms with van der Waals surface area (Å²) in [4.78, 5) is 26.1. The quantitative estimate of drug-likeness (QED) is 0.229. The molecule has 1 aromatic carbocycles. The molecule has 1 aromatic rings. The topological polar surface area (TPSA) is 156 Å². The molecule has 1 amide bonds. The largest absolute Gasteiger partial charge is 0.487 e. The van der Waals surface area contributed by atoms with Crippen molar-refractivity contribution in [2.24, 2.45) is 0 Å². The van der Waals surface area contributed by atoms with Gasteiger partial charge < -0.3 is 30.1 Å². The maximum Gasteiger partial charge on any atom is 0.294 e. The van der Waals surface area contributed by atoms with Crippen LogP contribution >= 0.6 is 0 Å². The van der Waals surface area contributed by atoms with Crippen molar-refractivity contribution in [2.45, 2.75) is 38.3 Å². The summed E-state index contributed by atoms with van der Waals surface area (Å²) in [6.45, 7) is 4.36. The van der Waals surface area contributed by atoms with E-state index in [1.54, 1.807) is 18.2 Å². The number of aliphatic hydroxyl groups excluding tert-OH is 1. The third-order valence-electron chi connectivity index (χ3n) is 4.57. The first-order valence-electron chi connectivity index (χ1n) is 10.2. The van der Waals surface area contributed by atoms with E-state index in [1.807, 2.05) is 19.9 Å². The van der Waals surface area contributed by atoms with Crippen LogP contribution in [0.5, 0.6) is 11.5 Å². The van der Waals surface area contributed by atoms with Crippen molar-refractivity contribution < 1.29 is 29.3 Å². The van der Waals surface area contributed by atoms with E-state index >= 15 is 0 Å². The van der Waals surface area contributed by atoms with Crippen LogP contribution in [0.25, 0.3) is 6.08 Å². The van der Waals surface area contributed by atoms with Crippen LogP contribution in [0.4, 0.5) is 0 Å². The highest BCUT2D eigenvalue weighted by molar-refractivity contribution is 5.75. The fourth-order valence-electron chi connectivity index (χ4n) is 2.84. The minimum absolute atomic E-state index is 0.0283. The SMILES string of the molecule is CC(C)(CNC(=O)CCCO[N+](=O)[O-])NCC(O)COc1cccc2c1OCC(C#N)=C2. The minimum atomic E-state index is -0.888. The summed E-state index contributed by atoms with van der Waals surface area (Å²) in [6, 6.07) is 7.41. The molecule has 0 fully saturated rings. The van der Waals surface area contributed by atoms with E-state index in [-0.39, 0.29) is 45.1 Å². The fraction of sp³-hybridized carbons (Fsp3) is 0.524.